The fourth-order valence-corrected chi connectivity index (χ4v) is 2.49. The van der Waals surface area contributed by atoms with E-state index in [1.165, 1.54) is 11.9 Å². The second kappa shape index (κ2) is 5.40. The van der Waals surface area contributed by atoms with E-state index in [0.717, 1.165) is 28.8 Å². The van der Waals surface area contributed by atoms with Crippen molar-refractivity contribution in [1.29, 1.82) is 0 Å². The number of aryl methyl sites for hydroxylation is 1. The molecule has 2 aromatic rings. The number of benzene rings is 1. The van der Waals surface area contributed by atoms with Gasteiger partial charge in [0.1, 0.15) is 5.82 Å². The van der Waals surface area contributed by atoms with Crippen molar-refractivity contribution in [2.24, 2.45) is 0 Å². The Balaban J connectivity index is 2.54. The van der Waals surface area contributed by atoms with Crippen LogP contribution in [0.4, 0.5) is 0 Å². The average Bonchev–Trinajstić information content (AvgIpc) is 2.64. The molecule has 4 heteroatoms. The highest BCUT2D eigenvalue weighted by molar-refractivity contribution is 9.10. The summed E-state index contributed by atoms with van der Waals surface area (Å²) in [6.07, 6.45) is 2.32. The van der Waals surface area contributed by atoms with Crippen molar-refractivity contribution in [3.63, 3.8) is 0 Å². The third-order valence-electron chi connectivity index (χ3n) is 2.83. The van der Waals surface area contributed by atoms with Crippen molar-refractivity contribution in [3.05, 3.63) is 28.5 Å². The number of imidazole rings is 1. The zero-order valence-electron chi connectivity index (χ0n) is 10.1. The first-order chi connectivity index (χ1) is 8.13. The molecule has 0 spiro atoms. The molecule has 17 heavy (non-hydrogen) atoms. The van der Waals surface area contributed by atoms with Crippen LogP contribution in [0.25, 0.3) is 11.0 Å². The van der Waals surface area contributed by atoms with E-state index >= 15 is 0 Å². The highest BCUT2D eigenvalue weighted by Gasteiger charge is 2.14. The summed E-state index contributed by atoms with van der Waals surface area (Å²) in [7, 11) is 0. The number of alkyl halides is 1. The minimum absolute atomic E-state index is 0.0574. The lowest BCUT2D eigenvalue weighted by atomic mass is 10.3. The standard InChI is InChI=1S/C13H16BrClN2/c1-3-4-7-17-12-6-5-10(14)8-11(12)16-13(17)9(2)15/h5-6,8-9H,3-4,7H2,1-2H3. The van der Waals surface area contributed by atoms with Crippen molar-refractivity contribution in [3.8, 4) is 0 Å². The molecule has 92 valence electrons. The van der Waals surface area contributed by atoms with Gasteiger partial charge in [0.05, 0.1) is 16.4 Å². The van der Waals surface area contributed by atoms with Crippen LogP contribution in [-0.4, -0.2) is 9.55 Å². The summed E-state index contributed by atoms with van der Waals surface area (Å²) >= 11 is 9.68. The molecule has 0 radical (unpaired) electrons. The predicted octanol–water partition coefficient (Wildman–Crippen LogP) is 4.90. The van der Waals surface area contributed by atoms with Crippen LogP contribution in [0.15, 0.2) is 22.7 Å². The molecule has 2 rings (SSSR count). The molecule has 0 aliphatic rings. The molecule has 0 fully saturated rings. The lowest BCUT2D eigenvalue weighted by Gasteiger charge is -2.09. The first kappa shape index (κ1) is 12.9. The summed E-state index contributed by atoms with van der Waals surface area (Å²) in [5, 5.41) is -0.0574. The fourth-order valence-electron chi connectivity index (χ4n) is 1.98. The third kappa shape index (κ3) is 2.66. The zero-order chi connectivity index (χ0) is 12.4. The second-order valence-corrected chi connectivity index (χ2v) is 5.79. The Morgan fingerprint density at radius 2 is 2.24 bits per heavy atom. The van der Waals surface area contributed by atoms with E-state index in [2.05, 4.69) is 44.5 Å². The van der Waals surface area contributed by atoms with E-state index in [1.54, 1.807) is 0 Å². The zero-order valence-corrected chi connectivity index (χ0v) is 12.4. The highest BCUT2D eigenvalue weighted by atomic mass is 79.9. The van der Waals surface area contributed by atoms with Gasteiger partial charge in [-0.25, -0.2) is 4.98 Å². The van der Waals surface area contributed by atoms with Gasteiger partial charge in [-0.1, -0.05) is 29.3 Å². The Labute approximate surface area is 115 Å². The molecular weight excluding hydrogens is 300 g/mol. The molecule has 1 aromatic carbocycles. The van der Waals surface area contributed by atoms with E-state index in [0.29, 0.717) is 0 Å². The Morgan fingerprint density at radius 1 is 1.47 bits per heavy atom. The van der Waals surface area contributed by atoms with Crippen molar-refractivity contribution < 1.29 is 0 Å². The van der Waals surface area contributed by atoms with Crippen LogP contribution >= 0.6 is 27.5 Å². The smallest absolute Gasteiger partial charge is 0.127 e. The van der Waals surface area contributed by atoms with Crippen LogP contribution in [0.5, 0.6) is 0 Å². The summed E-state index contributed by atoms with van der Waals surface area (Å²) in [5.74, 6) is 0.966. The van der Waals surface area contributed by atoms with Gasteiger partial charge in [0.15, 0.2) is 0 Å². The maximum Gasteiger partial charge on any atom is 0.127 e. The van der Waals surface area contributed by atoms with Gasteiger partial charge >= 0.3 is 0 Å². The molecule has 1 heterocycles. The van der Waals surface area contributed by atoms with Crippen LogP contribution in [0.2, 0.25) is 0 Å². The minimum Gasteiger partial charge on any atom is -0.327 e. The van der Waals surface area contributed by atoms with Gasteiger partial charge in [0.2, 0.25) is 0 Å². The molecule has 1 unspecified atom stereocenters. The number of hydrogen-bond donors (Lipinski definition) is 0. The molecule has 0 aliphatic carbocycles. The van der Waals surface area contributed by atoms with Gasteiger partial charge in [-0.15, -0.1) is 11.6 Å². The molecule has 0 N–H and O–H groups in total. The third-order valence-corrected chi connectivity index (χ3v) is 3.52. The second-order valence-electron chi connectivity index (χ2n) is 4.22. The number of fused-ring (bicyclic) bond motifs is 1. The summed E-state index contributed by atoms with van der Waals surface area (Å²) in [6, 6.07) is 6.19. The van der Waals surface area contributed by atoms with Crippen LogP contribution in [0.1, 0.15) is 37.9 Å². The van der Waals surface area contributed by atoms with E-state index < -0.39 is 0 Å². The number of aromatic nitrogens is 2. The largest absolute Gasteiger partial charge is 0.327 e. The fraction of sp³-hybridized carbons (Fsp3) is 0.462. The highest BCUT2D eigenvalue weighted by Crippen LogP contribution is 2.26. The molecule has 0 saturated carbocycles. The maximum atomic E-state index is 6.20. The quantitative estimate of drug-likeness (QED) is 0.734. The van der Waals surface area contributed by atoms with E-state index in [-0.39, 0.29) is 5.38 Å². The van der Waals surface area contributed by atoms with Crippen molar-refractivity contribution in [1.82, 2.24) is 9.55 Å². The SMILES string of the molecule is CCCCn1c(C(C)Cl)nc2cc(Br)ccc21. The van der Waals surface area contributed by atoms with Gasteiger partial charge in [-0.3, -0.25) is 0 Å². The number of halogens is 2. The maximum absolute atomic E-state index is 6.20. The van der Waals surface area contributed by atoms with Crippen molar-refractivity contribution >= 4 is 38.6 Å². The molecule has 0 aliphatic heterocycles. The van der Waals surface area contributed by atoms with Gasteiger partial charge in [0.25, 0.3) is 0 Å². The Morgan fingerprint density at radius 3 is 2.88 bits per heavy atom. The average molecular weight is 316 g/mol. The van der Waals surface area contributed by atoms with Crippen molar-refractivity contribution in [2.45, 2.75) is 38.6 Å². The molecule has 0 saturated heterocycles. The molecule has 0 bridgehead atoms. The predicted molar refractivity (Wildman–Crippen MR) is 76.6 cm³/mol. The summed E-state index contributed by atoms with van der Waals surface area (Å²) in [4.78, 5) is 4.63. The van der Waals surface area contributed by atoms with Crippen LogP contribution in [0.3, 0.4) is 0 Å². The summed E-state index contributed by atoms with van der Waals surface area (Å²) in [5.41, 5.74) is 2.18. The first-order valence-corrected chi connectivity index (χ1v) is 7.16. The number of unbranched alkanes of at least 4 members (excludes halogenated alkanes) is 1. The Kier molecular flexibility index (Phi) is 4.10. The molecule has 1 aromatic heterocycles. The van der Waals surface area contributed by atoms with E-state index in [4.69, 9.17) is 11.6 Å². The van der Waals surface area contributed by atoms with Gasteiger partial charge in [-0.05, 0) is 31.5 Å². The van der Waals surface area contributed by atoms with Gasteiger partial charge < -0.3 is 4.57 Å². The number of hydrogen-bond acceptors (Lipinski definition) is 1. The van der Waals surface area contributed by atoms with E-state index in [1.807, 2.05) is 13.0 Å². The normalized spacial score (nSPS) is 13.2. The monoisotopic (exact) mass is 314 g/mol. The lowest BCUT2D eigenvalue weighted by molar-refractivity contribution is 0.616. The van der Waals surface area contributed by atoms with Crippen LogP contribution in [-0.2, 0) is 6.54 Å². The number of rotatable bonds is 4. The Hall–Kier alpha value is -0.540. The van der Waals surface area contributed by atoms with E-state index in [9.17, 15) is 0 Å². The summed E-state index contributed by atoms with van der Waals surface area (Å²) < 4.78 is 3.29. The molecule has 0 amide bonds. The number of nitrogens with zero attached hydrogens (tertiary/aromatic N) is 2. The van der Waals surface area contributed by atoms with Gasteiger partial charge in [0, 0.05) is 11.0 Å². The molecule has 1 atom stereocenters. The minimum atomic E-state index is -0.0574. The Bertz CT molecular complexity index is 519. The topological polar surface area (TPSA) is 17.8 Å². The lowest BCUT2D eigenvalue weighted by Crippen LogP contribution is -2.04. The first-order valence-electron chi connectivity index (χ1n) is 5.93. The van der Waals surface area contributed by atoms with Crippen LogP contribution < -0.4 is 0 Å². The molecular formula is C13H16BrClN2. The summed E-state index contributed by atoms with van der Waals surface area (Å²) in [6.45, 7) is 5.15. The van der Waals surface area contributed by atoms with Crippen LogP contribution in [0, 0.1) is 0 Å². The van der Waals surface area contributed by atoms with Crippen molar-refractivity contribution in [2.75, 3.05) is 0 Å². The van der Waals surface area contributed by atoms with Gasteiger partial charge in [-0.2, -0.15) is 0 Å². The molecule has 2 nitrogen and oxygen atoms in total.